The number of aliphatic hydroxyl groups is 1. The van der Waals surface area contributed by atoms with E-state index in [1.165, 1.54) is 21.0 Å². The highest BCUT2D eigenvalue weighted by molar-refractivity contribution is 5.68. The zero-order valence-electron chi connectivity index (χ0n) is 26.5. The molecule has 11 atom stereocenters. The number of fused-ring (bicyclic) bond motifs is 1. The van der Waals surface area contributed by atoms with Crippen LogP contribution in [0.5, 0.6) is 0 Å². The standard InChI is InChI=1S/C33H40O14/c1-18(34)42-27-24(46-33(38-4)30(44-20(3)36)29(27)43-19(2)35)17-41-32-25(37)28(39-15-21-11-7-5-8-12-21)26-23(45-32)16-40-31(47-26)22-13-9-6-10-14-22/h5-14,23-33,37H,15-17H2,1-4H3/t23-,24-,25+,26-,27-,28-,29+,30-,31-,32-,33+/m1/s1. The molecule has 14 nitrogen and oxygen atoms in total. The molecule has 0 radical (unpaired) electrons. The first-order valence-corrected chi connectivity index (χ1v) is 15.3. The van der Waals surface area contributed by atoms with Gasteiger partial charge in [-0.1, -0.05) is 60.7 Å². The predicted molar refractivity (Wildman–Crippen MR) is 158 cm³/mol. The van der Waals surface area contributed by atoms with E-state index in [0.29, 0.717) is 0 Å². The number of methoxy groups -OCH3 is 1. The van der Waals surface area contributed by atoms with Crippen LogP contribution in [0, 0.1) is 0 Å². The normalized spacial score (nSPS) is 33.7. The molecule has 47 heavy (non-hydrogen) atoms. The van der Waals surface area contributed by atoms with Gasteiger partial charge in [0.1, 0.15) is 30.5 Å². The van der Waals surface area contributed by atoms with Crippen LogP contribution in [0.3, 0.4) is 0 Å². The summed E-state index contributed by atoms with van der Waals surface area (Å²) in [6.45, 7) is 3.45. The fourth-order valence-electron chi connectivity index (χ4n) is 5.81. The van der Waals surface area contributed by atoms with Crippen LogP contribution in [0.2, 0.25) is 0 Å². The number of hydrogen-bond donors (Lipinski definition) is 1. The van der Waals surface area contributed by atoms with E-state index in [1.54, 1.807) is 0 Å². The van der Waals surface area contributed by atoms with Crippen LogP contribution < -0.4 is 0 Å². The molecule has 5 rings (SSSR count). The summed E-state index contributed by atoms with van der Waals surface area (Å²) in [6.07, 6.45) is -11.8. The van der Waals surface area contributed by atoms with Crippen LogP contribution in [0.1, 0.15) is 38.2 Å². The molecule has 3 aliphatic heterocycles. The first kappa shape index (κ1) is 34.9. The maximum absolute atomic E-state index is 12.1. The number of rotatable bonds is 11. The Labute approximate surface area is 272 Å². The molecule has 0 aliphatic carbocycles. The highest BCUT2D eigenvalue weighted by atomic mass is 16.8. The summed E-state index contributed by atoms with van der Waals surface area (Å²) in [5.74, 6) is -2.13. The van der Waals surface area contributed by atoms with Crippen molar-refractivity contribution in [3.8, 4) is 0 Å². The fourth-order valence-corrected chi connectivity index (χ4v) is 5.81. The Kier molecular flexibility index (Phi) is 11.9. The predicted octanol–water partition coefficient (Wildman–Crippen LogP) is 1.95. The molecule has 2 aromatic rings. The van der Waals surface area contributed by atoms with Crippen LogP contribution in [0.15, 0.2) is 60.7 Å². The quantitative estimate of drug-likeness (QED) is 0.275. The second-order valence-electron chi connectivity index (χ2n) is 11.3. The van der Waals surface area contributed by atoms with Gasteiger partial charge in [0.05, 0.1) is 19.8 Å². The third kappa shape index (κ3) is 8.72. The zero-order valence-corrected chi connectivity index (χ0v) is 26.5. The van der Waals surface area contributed by atoms with E-state index < -0.39 is 85.6 Å². The number of carbonyl (C=O) groups is 3. The average molecular weight is 661 g/mol. The highest BCUT2D eigenvalue weighted by Crippen LogP contribution is 2.37. The molecule has 3 saturated heterocycles. The summed E-state index contributed by atoms with van der Waals surface area (Å²) in [7, 11) is 1.31. The van der Waals surface area contributed by atoms with Crippen LogP contribution in [-0.2, 0) is 68.4 Å². The minimum atomic E-state index is -1.35. The van der Waals surface area contributed by atoms with Crippen molar-refractivity contribution in [1.82, 2.24) is 0 Å². The maximum atomic E-state index is 12.1. The maximum Gasteiger partial charge on any atom is 0.303 e. The highest BCUT2D eigenvalue weighted by Gasteiger charge is 2.54. The van der Waals surface area contributed by atoms with Crippen molar-refractivity contribution < 1.29 is 66.9 Å². The number of benzene rings is 2. The van der Waals surface area contributed by atoms with Gasteiger partial charge >= 0.3 is 17.9 Å². The van der Waals surface area contributed by atoms with Gasteiger partial charge < -0.3 is 52.5 Å². The van der Waals surface area contributed by atoms with Gasteiger partial charge in [0.25, 0.3) is 0 Å². The third-order valence-electron chi connectivity index (χ3n) is 7.82. The zero-order chi connectivity index (χ0) is 33.5. The number of aliphatic hydroxyl groups excluding tert-OH is 1. The fraction of sp³-hybridized carbons (Fsp3) is 0.545. The smallest absolute Gasteiger partial charge is 0.303 e. The summed E-state index contributed by atoms with van der Waals surface area (Å²) in [5.41, 5.74) is 1.69. The average Bonchev–Trinajstić information content (AvgIpc) is 3.05. The van der Waals surface area contributed by atoms with Gasteiger partial charge in [0.2, 0.25) is 0 Å². The lowest BCUT2D eigenvalue weighted by molar-refractivity contribution is -0.373. The molecule has 0 unspecified atom stereocenters. The molecule has 256 valence electrons. The lowest BCUT2D eigenvalue weighted by atomic mass is 9.96. The topological polar surface area (TPSA) is 164 Å². The van der Waals surface area contributed by atoms with Crippen LogP contribution in [0.4, 0.5) is 0 Å². The van der Waals surface area contributed by atoms with Gasteiger partial charge in [0, 0.05) is 33.4 Å². The molecular weight excluding hydrogens is 620 g/mol. The molecular formula is C33H40O14. The Balaban J connectivity index is 1.35. The minimum absolute atomic E-state index is 0.113. The monoisotopic (exact) mass is 660 g/mol. The van der Waals surface area contributed by atoms with Gasteiger partial charge in [0.15, 0.2) is 37.2 Å². The second kappa shape index (κ2) is 16.1. The van der Waals surface area contributed by atoms with Crippen molar-refractivity contribution in [3.05, 3.63) is 71.8 Å². The number of hydrogen-bond acceptors (Lipinski definition) is 14. The minimum Gasteiger partial charge on any atom is -0.456 e. The molecule has 3 aliphatic rings. The molecule has 0 saturated carbocycles. The molecule has 3 heterocycles. The lowest BCUT2D eigenvalue weighted by Gasteiger charge is -2.48. The molecule has 0 bridgehead atoms. The Hall–Kier alpha value is -3.47. The lowest BCUT2D eigenvalue weighted by Crippen LogP contribution is -2.64. The Morgan fingerprint density at radius 1 is 0.745 bits per heavy atom. The van der Waals surface area contributed by atoms with Crippen molar-refractivity contribution in [2.75, 3.05) is 20.3 Å². The molecule has 0 amide bonds. The second-order valence-corrected chi connectivity index (χ2v) is 11.3. The Morgan fingerprint density at radius 2 is 1.36 bits per heavy atom. The Bertz CT molecular complexity index is 1330. The largest absolute Gasteiger partial charge is 0.456 e. The summed E-state index contributed by atoms with van der Waals surface area (Å²) >= 11 is 0. The first-order chi connectivity index (χ1) is 22.6. The Morgan fingerprint density at radius 3 is 2.00 bits per heavy atom. The van der Waals surface area contributed by atoms with Gasteiger partial charge in [-0.15, -0.1) is 0 Å². The van der Waals surface area contributed by atoms with E-state index in [2.05, 4.69) is 0 Å². The van der Waals surface area contributed by atoms with E-state index in [0.717, 1.165) is 18.1 Å². The van der Waals surface area contributed by atoms with Crippen molar-refractivity contribution >= 4 is 17.9 Å². The summed E-state index contributed by atoms with van der Waals surface area (Å²) in [6, 6.07) is 18.9. The number of carbonyl (C=O) groups excluding carboxylic acids is 3. The van der Waals surface area contributed by atoms with Gasteiger partial charge in [-0.3, -0.25) is 14.4 Å². The SMILES string of the molecule is CO[C@H]1O[C@H](CO[C@@H]2O[C@@H]3CO[C@@H](c4ccccc4)O[C@H]3[C@H](OCc3ccccc3)[C@@H]2O)[C@@H](OC(C)=O)[C@H](OC(C)=O)[C@H]1OC(C)=O. The molecule has 0 spiro atoms. The first-order valence-electron chi connectivity index (χ1n) is 15.3. The van der Waals surface area contributed by atoms with Crippen molar-refractivity contribution in [3.63, 3.8) is 0 Å². The van der Waals surface area contributed by atoms with Crippen LogP contribution >= 0.6 is 0 Å². The van der Waals surface area contributed by atoms with Gasteiger partial charge in [-0.05, 0) is 5.56 Å². The molecule has 3 fully saturated rings. The summed E-state index contributed by atoms with van der Waals surface area (Å²) in [4.78, 5) is 36.1. The van der Waals surface area contributed by atoms with Crippen molar-refractivity contribution in [2.45, 2.75) is 95.1 Å². The van der Waals surface area contributed by atoms with Crippen LogP contribution in [0.25, 0.3) is 0 Å². The van der Waals surface area contributed by atoms with Gasteiger partial charge in [-0.25, -0.2) is 0 Å². The summed E-state index contributed by atoms with van der Waals surface area (Å²) in [5, 5.41) is 11.6. The molecule has 14 heteroatoms. The molecule has 1 N–H and O–H groups in total. The van der Waals surface area contributed by atoms with Crippen molar-refractivity contribution in [2.24, 2.45) is 0 Å². The van der Waals surface area contributed by atoms with E-state index in [9.17, 15) is 19.5 Å². The van der Waals surface area contributed by atoms with E-state index >= 15 is 0 Å². The third-order valence-corrected chi connectivity index (χ3v) is 7.82. The number of esters is 3. The van der Waals surface area contributed by atoms with Crippen molar-refractivity contribution in [1.29, 1.82) is 0 Å². The number of ether oxygens (including phenoxy) is 10. The van der Waals surface area contributed by atoms with E-state index in [4.69, 9.17) is 47.4 Å². The van der Waals surface area contributed by atoms with Crippen LogP contribution in [-0.4, -0.2) is 105 Å². The molecule has 0 aromatic heterocycles. The van der Waals surface area contributed by atoms with Gasteiger partial charge in [-0.2, -0.15) is 0 Å². The van der Waals surface area contributed by atoms with E-state index in [1.807, 2.05) is 60.7 Å². The summed E-state index contributed by atoms with van der Waals surface area (Å²) < 4.78 is 58.5. The van der Waals surface area contributed by atoms with E-state index in [-0.39, 0.29) is 19.8 Å². The molecule has 2 aromatic carbocycles.